The van der Waals surface area contributed by atoms with Crippen molar-refractivity contribution in [2.24, 2.45) is 11.7 Å². The number of ether oxygens (including phenoxy) is 2. The fourth-order valence-corrected chi connectivity index (χ4v) is 1.40. The molecule has 0 rings (SSSR count). The molecule has 0 fully saturated rings. The van der Waals surface area contributed by atoms with Crippen molar-refractivity contribution in [1.29, 1.82) is 0 Å². The van der Waals surface area contributed by atoms with Gasteiger partial charge in [0.2, 0.25) is 0 Å². The van der Waals surface area contributed by atoms with E-state index in [0.29, 0.717) is 12.5 Å². The van der Waals surface area contributed by atoms with Crippen molar-refractivity contribution in [3.8, 4) is 0 Å². The molecular formula is C10H23NO2. The van der Waals surface area contributed by atoms with Gasteiger partial charge >= 0.3 is 0 Å². The van der Waals surface area contributed by atoms with Crippen molar-refractivity contribution in [2.45, 2.75) is 39.3 Å². The fraction of sp³-hybridized carbons (Fsp3) is 1.00. The summed E-state index contributed by atoms with van der Waals surface area (Å²) in [6.45, 7) is 7.66. The van der Waals surface area contributed by atoms with E-state index >= 15 is 0 Å². The van der Waals surface area contributed by atoms with Gasteiger partial charge in [-0.1, -0.05) is 20.8 Å². The van der Waals surface area contributed by atoms with Crippen LogP contribution in [0.3, 0.4) is 0 Å². The zero-order chi connectivity index (χ0) is 10.3. The summed E-state index contributed by atoms with van der Waals surface area (Å²) < 4.78 is 10.7. The van der Waals surface area contributed by atoms with Gasteiger partial charge < -0.3 is 15.2 Å². The van der Waals surface area contributed by atoms with Gasteiger partial charge in [0.1, 0.15) is 0 Å². The summed E-state index contributed by atoms with van der Waals surface area (Å²) >= 11 is 0. The first-order valence-electron chi connectivity index (χ1n) is 4.99. The highest BCUT2D eigenvalue weighted by Crippen LogP contribution is 2.09. The first-order chi connectivity index (χ1) is 6.13. The maximum absolute atomic E-state index is 5.92. The molecule has 0 aliphatic heterocycles. The molecule has 0 amide bonds. The normalized spacial score (nSPS) is 16.2. The van der Waals surface area contributed by atoms with E-state index in [2.05, 4.69) is 20.8 Å². The van der Waals surface area contributed by atoms with Crippen LogP contribution < -0.4 is 5.73 Å². The lowest BCUT2D eigenvalue weighted by molar-refractivity contribution is 0.00942. The molecule has 0 saturated carbocycles. The van der Waals surface area contributed by atoms with E-state index < -0.39 is 0 Å². The molecule has 2 unspecified atom stereocenters. The van der Waals surface area contributed by atoms with Gasteiger partial charge in [-0.25, -0.2) is 0 Å². The van der Waals surface area contributed by atoms with Gasteiger partial charge in [0, 0.05) is 13.7 Å². The summed E-state index contributed by atoms with van der Waals surface area (Å²) in [5.74, 6) is 0.435. The van der Waals surface area contributed by atoms with Crippen LogP contribution in [0.5, 0.6) is 0 Å². The van der Waals surface area contributed by atoms with Gasteiger partial charge in [-0.15, -0.1) is 0 Å². The largest absolute Gasteiger partial charge is 0.380 e. The smallest absolute Gasteiger partial charge is 0.0767 e. The number of hydrogen-bond acceptors (Lipinski definition) is 3. The molecular weight excluding hydrogens is 166 g/mol. The third-order valence-electron chi connectivity index (χ3n) is 2.01. The Bertz CT molecular complexity index is 117. The Labute approximate surface area is 81.6 Å². The number of rotatable bonds is 7. The lowest BCUT2D eigenvalue weighted by Crippen LogP contribution is -2.43. The van der Waals surface area contributed by atoms with Crippen LogP contribution in [0.25, 0.3) is 0 Å². The first kappa shape index (κ1) is 12.9. The SMILES string of the molecule is CCCOCC(N)C(OC)C(C)C. The Balaban J connectivity index is 3.70. The maximum Gasteiger partial charge on any atom is 0.0767 e. The zero-order valence-corrected chi connectivity index (χ0v) is 9.25. The topological polar surface area (TPSA) is 44.5 Å². The summed E-state index contributed by atoms with van der Waals surface area (Å²) in [5.41, 5.74) is 5.92. The Hall–Kier alpha value is -0.120. The molecule has 2 N–H and O–H groups in total. The Morgan fingerprint density at radius 1 is 1.31 bits per heavy atom. The maximum atomic E-state index is 5.92. The molecule has 0 heterocycles. The van der Waals surface area contributed by atoms with Crippen LogP contribution in [0.1, 0.15) is 27.2 Å². The third kappa shape index (κ3) is 5.24. The average molecular weight is 189 g/mol. The van der Waals surface area contributed by atoms with Gasteiger partial charge in [0.15, 0.2) is 0 Å². The van der Waals surface area contributed by atoms with E-state index in [1.54, 1.807) is 7.11 Å². The molecule has 13 heavy (non-hydrogen) atoms. The first-order valence-corrected chi connectivity index (χ1v) is 4.99. The molecule has 0 aromatic rings. The summed E-state index contributed by atoms with van der Waals surface area (Å²) in [6, 6.07) is -0.0171. The van der Waals surface area contributed by atoms with Gasteiger partial charge in [-0.05, 0) is 12.3 Å². The molecule has 0 spiro atoms. The predicted molar refractivity (Wildman–Crippen MR) is 54.7 cm³/mol. The number of nitrogens with two attached hydrogens (primary N) is 1. The van der Waals surface area contributed by atoms with E-state index in [9.17, 15) is 0 Å². The Morgan fingerprint density at radius 3 is 2.31 bits per heavy atom. The minimum Gasteiger partial charge on any atom is -0.380 e. The van der Waals surface area contributed by atoms with Gasteiger partial charge in [0.25, 0.3) is 0 Å². The highest BCUT2D eigenvalue weighted by atomic mass is 16.5. The second-order valence-electron chi connectivity index (χ2n) is 3.68. The molecule has 0 radical (unpaired) electrons. The van der Waals surface area contributed by atoms with Gasteiger partial charge in [0.05, 0.1) is 18.8 Å². The molecule has 0 aliphatic rings. The summed E-state index contributed by atoms with van der Waals surface area (Å²) in [5, 5.41) is 0. The predicted octanol–water partition coefficient (Wildman–Crippen LogP) is 1.41. The van der Waals surface area contributed by atoms with Crippen molar-refractivity contribution >= 4 is 0 Å². The lowest BCUT2D eigenvalue weighted by atomic mass is 10.0. The van der Waals surface area contributed by atoms with E-state index in [4.69, 9.17) is 15.2 Å². The molecule has 0 aromatic carbocycles. The molecule has 80 valence electrons. The monoisotopic (exact) mass is 189 g/mol. The van der Waals surface area contributed by atoms with Crippen LogP contribution >= 0.6 is 0 Å². The van der Waals surface area contributed by atoms with Gasteiger partial charge in [-0.2, -0.15) is 0 Å². The second-order valence-corrected chi connectivity index (χ2v) is 3.68. The highest BCUT2D eigenvalue weighted by Gasteiger charge is 2.20. The molecule has 3 heteroatoms. The van der Waals surface area contributed by atoms with E-state index in [0.717, 1.165) is 13.0 Å². The molecule has 0 aliphatic carbocycles. The van der Waals surface area contributed by atoms with Gasteiger partial charge in [-0.3, -0.25) is 0 Å². The van der Waals surface area contributed by atoms with Crippen molar-refractivity contribution in [3.63, 3.8) is 0 Å². The molecule has 3 nitrogen and oxygen atoms in total. The third-order valence-corrected chi connectivity index (χ3v) is 2.01. The minimum atomic E-state index is -0.0171. The van der Waals surface area contributed by atoms with Crippen LogP contribution in [-0.2, 0) is 9.47 Å². The highest BCUT2D eigenvalue weighted by molar-refractivity contribution is 4.75. The Kier molecular flexibility index (Phi) is 7.23. The van der Waals surface area contributed by atoms with Crippen LogP contribution in [0.4, 0.5) is 0 Å². The van der Waals surface area contributed by atoms with Crippen LogP contribution in [0.15, 0.2) is 0 Å². The zero-order valence-electron chi connectivity index (χ0n) is 9.25. The molecule has 2 atom stereocenters. The standard InChI is InChI=1S/C10H23NO2/c1-5-6-13-7-9(11)10(12-4)8(2)3/h8-10H,5-7,11H2,1-4H3. The summed E-state index contributed by atoms with van der Waals surface area (Å²) in [4.78, 5) is 0. The van der Waals surface area contributed by atoms with E-state index in [1.165, 1.54) is 0 Å². The lowest BCUT2D eigenvalue weighted by Gasteiger charge is -2.25. The average Bonchev–Trinajstić information content (AvgIpc) is 2.05. The van der Waals surface area contributed by atoms with E-state index in [1.807, 2.05) is 0 Å². The van der Waals surface area contributed by atoms with Crippen LogP contribution in [-0.4, -0.2) is 32.5 Å². The summed E-state index contributed by atoms with van der Waals surface area (Å²) in [7, 11) is 1.70. The minimum absolute atomic E-state index is 0.0171. The van der Waals surface area contributed by atoms with E-state index in [-0.39, 0.29) is 12.1 Å². The molecule has 0 saturated heterocycles. The fourth-order valence-electron chi connectivity index (χ4n) is 1.40. The molecule has 0 bridgehead atoms. The van der Waals surface area contributed by atoms with Crippen molar-refractivity contribution in [1.82, 2.24) is 0 Å². The van der Waals surface area contributed by atoms with Crippen molar-refractivity contribution < 1.29 is 9.47 Å². The number of methoxy groups -OCH3 is 1. The summed E-state index contributed by atoms with van der Waals surface area (Å²) in [6.07, 6.45) is 1.13. The second kappa shape index (κ2) is 7.30. The quantitative estimate of drug-likeness (QED) is 0.616. The Morgan fingerprint density at radius 2 is 1.92 bits per heavy atom. The molecule has 0 aromatic heterocycles. The van der Waals surface area contributed by atoms with Crippen molar-refractivity contribution in [2.75, 3.05) is 20.3 Å². The van der Waals surface area contributed by atoms with Crippen LogP contribution in [0, 0.1) is 5.92 Å². The van der Waals surface area contributed by atoms with Crippen LogP contribution in [0.2, 0.25) is 0 Å². The number of hydrogen-bond donors (Lipinski definition) is 1. The van der Waals surface area contributed by atoms with Crippen molar-refractivity contribution in [3.05, 3.63) is 0 Å².